The number of rotatable bonds is 8. The number of nitrogens with one attached hydrogen (secondary N) is 1. The van der Waals surface area contributed by atoms with Crippen LogP contribution in [0.1, 0.15) is 61.5 Å². The summed E-state index contributed by atoms with van der Waals surface area (Å²) in [5.41, 5.74) is 7.14. The van der Waals surface area contributed by atoms with Crippen molar-refractivity contribution >= 4 is 29.1 Å². The molecule has 1 amide bonds. The molecule has 0 bridgehead atoms. The highest BCUT2D eigenvalue weighted by atomic mass is 35.5. The number of carbonyl (C=O) groups excluding carboxylic acids is 1. The maximum Gasteiger partial charge on any atom is 0.286 e. The van der Waals surface area contributed by atoms with Crippen molar-refractivity contribution in [1.29, 1.82) is 0 Å². The van der Waals surface area contributed by atoms with Gasteiger partial charge in [0.2, 0.25) is 0 Å². The number of piperidine rings is 1. The second kappa shape index (κ2) is 11.2. The van der Waals surface area contributed by atoms with Gasteiger partial charge in [0.15, 0.2) is 5.69 Å². The molecule has 3 aromatic rings. The predicted molar refractivity (Wildman–Crippen MR) is 135 cm³/mol. The van der Waals surface area contributed by atoms with Gasteiger partial charge in [0, 0.05) is 23.7 Å². The third-order valence-electron chi connectivity index (χ3n) is 6.01. The lowest BCUT2D eigenvalue weighted by atomic mass is 10.0. The van der Waals surface area contributed by atoms with E-state index in [0.717, 1.165) is 43.6 Å². The number of aryl methyl sites for hydroxylation is 1. The van der Waals surface area contributed by atoms with E-state index in [9.17, 15) is 4.79 Å². The number of hydrogen-bond donors (Lipinski definition) is 1. The van der Waals surface area contributed by atoms with Crippen molar-refractivity contribution in [1.82, 2.24) is 20.2 Å². The van der Waals surface area contributed by atoms with Gasteiger partial charge in [0.25, 0.3) is 5.91 Å². The number of hydrazine groups is 1. The van der Waals surface area contributed by atoms with Crippen LogP contribution in [0, 0.1) is 0 Å². The van der Waals surface area contributed by atoms with Crippen LogP contribution in [0.3, 0.4) is 0 Å². The number of hydrogen-bond acceptors (Lipinski definition) is 3. The lowest BCUT2D eigenvalue weighted by molar-refractivity contribution is 0.0744. The Morgan fingerprint density at radius 1 is 1.00 bits per heavy atom. The highest BCUT2D eigenvalue weighted by Crippen LogP contribution is 2.30. The Bertz CT molecular complexity index is 1090. The molecule has 1 fully saturated rings. The highest BCUT2D eigenvalue weighted by molar-refractivity contribution is 6.35. The molecule has 7 heteroatoms. The summed E-state index contributed by atoms with van der Waals surface area (Å²) >= 11 is 12.6. The Morgan fingerprint density at radius 3 is 2.45 bits per heavy atom. The largest absolute Gasteiger partial charge is 0.286 e. The lowest BCUT2D eigenvalue weighted by Crippen LogP contribution is -2.45. The average molecular weight is 485 g/mol. The smallest absolute Gasteiger partial charge is 0.283 e. The van der Waals surface area contributed by atoms with Crippen molar-refractivity contribution in [2.24, 2.45) is 0 Å². The van der Waals surface area contributed by atoms with Crippen LogP contribution in [0.4, 0.5) is 0 Å². The van der Waals surface area contributed by atoms with Gasteiger partial charge < -0.3 is 0 Å². The Kier molecular flexibility index (Phi) is 8.07. The molecule has 0 radical (unpaired) electrons. The summed E-state index contributed by atoms with van der Waals surface area (Å²) in [5, 5.41) is 7.65. The standard InChI is InChI=1S/C26H30Cl2N4O/c1-2-3-5-8-19-9-11-20(12-10-19)25-18-23(26(33)30-31-15-6-4-7-16-31)29-32(25)24-14-13-21(27)17-22(24)28/h9-14,17-18H,2-8,15-16H2,1H3,(H,30,33). The first kappa shape index (κ1) is 23.8. The first-order chi connectivity index (χ1) is 16.0. The summed E-state index contributed by atoms with van der Waals surface area (Å²) in [6.07, 6.45) is 8.08. The van der Waals surface area contributed by atoms with Crippen LogP contribution in [-0.4, -0.2) is 33.8 Å². The Hall–Kier alpha value is -2.34. The molecule has 4 rings (SSSR count). The van der Waals surface area contributed by atoms with Crippen molar-refractivity contribution in [3.8, 4) is 16.9 Å². The van der Waals surface area contributed by atoms with Crippen LogP contribution in [-0.2, 0) is 6.42 Å². The van der Waals surface area contributed by atoms with E-state index in [2.05, 4.69) is 41.7 Å². The maximum absolute atomic E-state index is 13.0. The van der Waals surface area contributed by atoms with Crippen LogP contribution in [0.15, 0.2) is 48.5 Å². The van der Waals surface area contributed by atoms with Gasteiger partial charge in [-0.2, -0.15) is 5.10 Å². The number of unbranched alkanes of at least 4 members (excludes halogenated alkanes) is 2. The molecule has 1 aliphatic heterocycles. The van der Waals surface area contributed by atoms with Crippen molar-refractivity contribution < 1.29 is 4.79 Å². The topological polar surface area (TPSA) is 50.2 Å². The fourth-order valence-electron chi connectivity index (χ4n) is 4.16. The molecular formula is C26H30Cl2N4O. The lowest BCUT2D eigenvalue weighted by Gasteiger charge is -2.26. The molecule has 1 aliphatic rings. The number of benzene rings is 2. The van der Waals surface area contributed by atoms with Gasteiger partial charge in [0.1, 0.15) is 0 Å². The van der Waals surface area contributed by atoms with Gasteiger partial charge >= 0.3 is 0 Å². The van der Waals surface area contributed by atoms with Gasteiger partial charge in [-0.3, -0.25) is 10.2 Å². The second-order valence-corrected chi connectivity index (χ2v) is 9.41. The molecule has 0 atom stereocenters. The maximum atomic E-state index is 13.0. The minimum atomic E-state index is -0.210. The molecule has 0 unspecified atom stereocenters. The van der Waals surface area contributed by atoms with Gasteiger partial charge in [-0.15, -0.1) is 0 Å². The normalized spacial score (nSPS) is 14.4. The van der Waals surface area contributed by atoms with Crippen molar-refractivity contribution in [2.45, 2.75) is 51.9 Å². The van der Waals surface area contributed by atoms with E-state index in [-0.39, 0.29) is 5.91 Å². The SMILES string of the molecule is CCCCCc1ccc(-c2cc(C(=O)NN3CCCCC3)nn2-c2ccc(Cl)cc2Cl)cc1. The van der Waals surface area contributed by atoms with Gasteiger partial charge in [-0.1, -0.05) is 73.7 Å². The van der Waals surface area contributed by atoms with E-state index in [1.54, 1.807) is 16.8 Å². The molecule has 33 heavy (non-hydrogen) atoms. The van der Waals surface area contributed by atoms with Crippen LogP contribution >= 0.6 is 23.2 Å². The summed E-state index contributed by atoms with van der Waals surface area (Å²) in [4.78, 5) is 13.0. The zero-order chi connectivity index (χ0) is 23.2. The molecule has 1 N–H and O–H groups in total. The third-order valence-corrected chi connectivity index (χ3v) is 6.55. The number of nitrogens with zero attached hydrogens (tertiary/aromatic N) is 3. The number of halogens is 2. The summed E-state index contributed by atoms with van der Waals surface area (Å²) in [6.45, 7) is 3.94. The molecule has 2 aromatic carbocycles. The fourth-order valence-corrected chi connectivity index (χ4v) is 4.65. The fraction of sp³-hybridized carbons (Fsp3) is 0.385. The van der Waals surface area contributed by atoms with Crippen LogP contribution in [0.2, 0.25) is 10.0 Å². The van der Waals surface area contributed by atoms with Gasteiger partial charge in [-0.25, -0.2) is 9.69 Å². The third kappa shape index (κ3) is 5.97. The predicted octanol–water partition coefficient (Wildman–Crippen LogP) is 6.71. The Balaban J connectivity index is 1.66. The van der Waals surface area contributed by atoms with E-state index < -0.39 is 0 Å². The molecule has 0 saturated carbocycles. The first-order valence-corrected chi connectivity index (χ1v) is 12.5. The quantitative estimate of drug-likeness (QED) is 0.361. The molecule has 5 nitrogen and oxygen atoms in total. The summed E-state index contributed by atoms with van der Waals surface area (Å²) in [7, 11) is 0. The molecule has 1 saturated heterocycles. The van der Waals surface area contributed by atoms with E-state index in [0.29, 0.717) is 21.4 Å². The van der Waals surface area contributed by atoms with E-state index in [1.807, 2.05) is 17.1 Å². The van der Waals surface area contributed by atoms with Crippen molar-refractivity contribution in [3.63, 3.8) is 0 Å². The summed E-state index contributed by atoms with van der Waals surface area (Å²) < 4.78 is 1.73. The van der Waals surface area contributed by atoms with Crippen LogP contribution < -0.4 is 5.43 Å². The molecule has 0 spiro atoms. The Morgan fingerprint density at radius 2 is 1.76 bits per heavy atom. The minimum Gasteiger partial charge on any atom is -0.283 e. The van der Waals surface area contributed by atoms with Crippen molar-refractivity contribution in [2.75, 3.05) is 13.1 Å². The summed E-state index contributed by atoms with van der Waals surface area (Å²) in [5.74, 6) is -0.210. The number of carbonyl (C=O) groups is 1. The molecule has 1 aromatic heterocycles. The van der Waals surface area contributed by atoms with Crippen molar-refractivity contribution in [3.05, 3.63) is 69.8 Å². The van der Waals surface area contributed by atoms with Gasteiger partial charge in [0.05, 0.1) is 16.4 Å². The summed E-state index contributed by atoms with van der Waals surface area (Å²) in [6, 6.07) is 15.6. The number of aromatic nitrogens is 2. The van der Waals surface area contributed by atoms with E-state index in [4.69, 9.17) is 23.2 Å². The van der Waals surface area contributed by atoms with Gasteiger partial charge in [-0.05, 0) is 55.5 Å². The van der Waals surface area contributed by atoms with E-state index in [1.165, 1.54) is 31.2 Å². The zero-order valence-electron chi connectivity index (χ0n) is 19.0. The second-order valence-electron chi connectivity index (χ2n) is 8.57. The molecule has 174 valence electrons. The molecule has 2 heterocycles. The first-order valence-electron chi connectivity index (χ1n) is 11.8. The van der Waals surface area contributed by atoms with Crippen LogP contribution in [0.5, 0.6) is 0 Å². The minimum absolute atomic E-state index is 0.210. The monoisotopic (exact) mass is 484 g/mol. The number of amides is 1. The van der Waals surface area contributed by atoms with Crippen LogP contribution in [0.25, 0.3) is 16.9 Å². The van der Waals surface area contributed by atoms with E-state index >= 15 is 0 Å². The Labute approximate surface area is 205 Å². The molecular weight excluding hydrogens is 455 g/mol. The molecule has 0 aliphatic carbocycles. The zero-order valence-corrected chi connectivity index (χ0v) is 20.5. The highest BCUT2D eigenvalue weighted by Gasteiger charge is 2.21. The average Bonchev–Trinajstić information content (AvgIpc) is 3.26.